The Bertz CT molecular complexity index is 487. The van der Waals surface area contributed by atoms with E-state index in [1.54, 1.807) is 29.2 Å². The lowest BCUT2D eigenvalue weighted by molar-refractivity contribution is 0.0677. The Labute approximate surface area is 117 Å². The lowest BCUT2D eigenvalue weighted by Crippen LogP contribution is -2.37. The van der Waals surface area contributed by atoms with Crippen molar-refractivity contribution in [2.45, 2.75) is 25.4 Å². The second-order valence-electron chi connectivity index (χ2n) is 4.89. The lowest BCUT2D eigenvalue weighted by atomic mass is 10.1. The number of benzene rings is 1. The predicted molar refractivity (Wildman–Crippen MR) is 74.0 cm³/mol. The van der Waals surface area contributed by atoms with Gasteiger partial charge in [0.1, 0.15) is 0 Å². The third kappa shape index (κ3) is 3.27. The molecule has 20 heavy (non-hydrogen) atoms. The first kappa shape index (κ1) is 14.3. The van der Waals surface area contributed by atoms with Crippen LogP contribution in [-0.4, -0.2) is 41.1 Å². The van der Waals surface area contributed by atoms with Crippen LogP contribution in [-0.2, 0) is 6.54 Å². The molecule has 1 aliphatic rings. The molecule has 0 bridgehead atoms. The Hall–Kier alpha value is -2.08. The summed E-state index contributed by atoms with van der Waals surface area (Å²) >= 11 is 0. The normalized spacial score (nSPS) is 18.1. The zero-order chi connectivity index (χ0) is 14.5. The first-order chi connectivity index (χ1) is 9.61. The van der Waals surface area contributed by atoms with Crippen LogP contribution in [0, 0.1) is 0 Å². The van der Waals surface area contributed by atoms with Gasteiger partial charge in [-0.3, -0.25) is 4.79 Å². The molecule has 108 valence electrons. The number of carbonyl (C=O) groups excluding carboxylic acids is 2. The Morgan fingerprint density at radius 1 is 1.35 bits per heavy atom. The fraction of sp³-hybridized carbons (Fsp3) is 0.429. The molecule has 1 fully saturated rings. The first-order valence-electron chi connectivity index (χ1n) is 6.66. The van der Waals surface area contributed by atoms with Crippen LogP contribution in [0.25, 0.3) is 0 Å². The highest BCUT2D eigenvalue weighted by Crippen LogP contribution is 2.19. The summed E-state index contributed by atoms with van der Waals surface area (Å²) in [5.74, 6) is -0.0593. The SMILES string of the molecule is NC(=O)NCc1ccc(C(=O)N2CCCC2CO)cc1. The fourth-order valence-electron chi connectivity index (χ4n) is 2.41. The molecular formula is C14H19N3O3. The van der Waals surface area contributed by atoms with E-state index in [0.717, 1.165) is 18.4 Å². The zero-order valence-electron chi connectivity index (χ0n) is 11.2. The molecule has 6 heteroatoms. The zero-order valence-corrected chi connectivity index (χ0v) is 11.2. The van der Waals surface area contributed by atoms with E-state index in [1.807, 2.05) is 0 Å². The second kappa shape index (κ2) is 6.38. The van der Waals surface area contributed by atoms with Crippen molar-refractivity contribution < 1.29 is 14.7 Å². The van der Waals surface area contributed by atoms with Crippen molar-refractivity contribution in [1.82, 2.24) is 10.2 Å². The maximum atomic E-state index is 12.3. The Morgan fingerprint density at radius 3 is 2.65 bits per heavy atom. The van der Waals surface area contributed by atoms with E-state index in [4.69, 9.17) is 5.73 Å². The Kier molecular flexibility index (Phi) is 4.57. The van der Waals surface area contributed by atoms with Gasteiger partial charge in [0, 0.05) is 18.7 Å². The van der Waals surface area contributed by atoms with E-state index < -0.39 is 6.03 Å². The number of rotatable bonds is 4. The standard InChI is InChI=1S/C14H19N3O3/c15-14(20)16-8-10-3-5-11(6-4-10)13(19)17-7-1-2-12(17)9-18/h3-6,12,18H,1-2,7-9H2,(H3,15,16,20). The lowest BCUT2D eigenvalue weighted by Gasteiger charge is -2.23. The van der Waals surface area contributed by atoms with Crippen molar-refractivity contribution in [3.05, 3.63) is 35.4 Å². The molecule has 6 nitrogen and oxygen atoms in total. The monoisotopic (exact) mass is 277 g/mol. The number of aliphatic hydroxyl groups excluding tert-OH is 1. The van der Waals surface area contributed by atoms with Gasteiger partial charge in [-0.05, 0) is 30.5 Å². The van der Waals surface area contributed by atoms with Gasteiger partial charge in [0.05, 0.1) is 12.6 Å². The third-order valence-corrected chi connectivity index (χ3v) is 3.52. The molecule has 0 radical (unpaired) electrons. The van der Waals surface area contributed by atoms with Crippen LogP contribution in [0.4, 0.5) is 4.79 Å². The highest BCUT2D eigenvalue weighted by Gasteiger charge is 2.28. The number of hydrogen-bond donors (Lipinski definition) is 3. The van der Waals surface area contributed by atoms with Crippen molar-refractivity contribution in [2.24, 2.45) is 5.73 Å². The van der Waals surface area contributed by atoms with Gasteiger partial charge in [0.25, 0.3) is 5.91 Å². The van der Waals surface area contributed by atoms with Crippen LogP contribution in [0.1, 0.15) is 28.8 Å². The summed E-state index contributed by atoms with van der Waals surface area (Å²) in [6.07, 6.45) is 1.78. The maximum Gasteiger partial charge on any atom is 0.312 e. The van der Waals surface area contributed by atoms with Gasteiger partial charge in [0.2, 0.25) is 0 Å². The Morgan fingerprint density at radius 2 is 2.05 bits per heavy atom. The largest absolute Gasteiger partial charge is 0.394 e. The van der Waals surface area contributed by atoms with Crippen LogP contribution < -0.4 is 11.1 Å². The summed E-state index contributed by atoms with van der Waals surface area (Å²) in [4.78, 5) is 24.7. The minimum atomic E-state index is -0.576. The van der Waals surface area contributed by atoms with Gasteiger partial charge in [-0.15, -0.1) is 0 Å². The number of primary amides is 1. The Balaban J connectivity index is 2.02. The van der Waals surface area contributed by atoms with Crippen LogP contribution in [0.15, 0.2) is 24.3 Å². The predicted octanol–water partition coefficient (Wildman–Crippen LogP) is 0.452. The summed E-state index contributed by atoms with van der Waals surface area (Å²) in [5, 5.41) is 11.7. The fourth-order valence-corrected chi connectivity index (χ4v) is 2.41. The molecule has 1 aromatic rings. The van der Waals surface area contributed by atoms with Gasteiger partial charge in [-0.1, -0.05) is 12.1 Å². The van der Waals surface area contributed by atoms with Crippen LogP contribution in [0.5, 0.6) is 0 Å². The first-order valence-corrected chi connectivity index (χ1v) is 6.66. The topological polar surface area (TPSA) is 95.7 Å². The number of carbonyl (C=O) groups is 2. The van der Waals surface area contributed by atoms with Crippen LogP contribution >= 0.6 is 0 Å². The molecule has 0 aliphatic carbocycles. The molecule has 1 aromatic carbocycles. The minimum Gasteiger partial charge on any atom is -0.394 e. The number of nitrogens with one attached hydrogen (secondary N) is 1. The number of amides is 3. The van der Waals surface area contributed by atoms with E-state index in [2.05, 4.69) is 5.32 Å². The van der Waals surface area contributed by atoms with E-state index in [0.29, 0.717) is 18.7 Å². The molecule has 1 unspecified atom stereocenters. The molecule has 2 rings (SSSR count). The number of urea groups is 1. The molecule has 3 amide bonds. The molecule has 1 aliphatic heterocycles. The van der Waals surface area contributed by atoms with E-state index in [-0.39, 0.29) is 18.6 Å². The van der Waals surface area contributed by atoms with Crippen LogP contribution in [0.2, 0.25) is 0 Å². The third-order valence-electron chi connectivity index (χ3n) is 3.52. The summed E-state index contributed by atoms with van der Waals surface area (Å²) in [6.45, 7) is 1.04. The molecule has 0 saturated carbocycles. The summed E-state index contributed by atoms with van der Waals surface area (Å²) in [6, 6.07) is 6.38. The molecule has 0 spiro atoms. The highest BCUT2D eigenvalue weighted by atomic mass is 16.3. The number of aliphatic hydroxyl groups is 1. The molecule has 0 aromatic heterocycles. The average molecular weight is 277 g/mol. The van der Waals surface area contributed by atoms with Gasteiger partial charge >= 0.3 is 6.03 Å². The number of nitrogens with zero attached hydrogens (tertiary/aromatic N) is 1. The smallest absolute Gasteiger partial charge is 0.312 e. The molecule has 1 heterocycles. The minimum absolute atomic E-state index is 0.00630. The molecule has 1 saturated heterocycles. The van der Waals surface area contributed by atoms with Crippen LogP contribution in [0.3, 0.4) is 0 Å². The van der Waals surface area contributed by atoms with E-state index in [9.17, 15) is 14.7 Å². The summed E-state index contributed by atoms with van der Waals surface area (Å²) in [5.41, 5.74) is 6.46. The quantitative estimate of drug-likeness (QED) is 0.745. The highest BCUT2D eigenvalue weighted by molar-refractivity contribution is 5.94. The van der Waals surface area contributed by atoms with Gasteiger partial charge < -0.3 is 21.1 Å². The van der Waals surface area contributed by atoms with E-state index in [1.165, 1.54) is 0 Å². The van der Waals surface area contributed by atoms with Gasteiger partial charge in [-0.2, -0.15) is 0 Å². The van der Waals surface area contributed by atoms with E-state index >= 15 is 0 Å². The summed E-state index contributed by atoms with van der Waals surface area (Å²) < 4.78 is 0. The van der Waals surface area contributed by atoms with Crippen molar-refractivity contribution >= 4 is 11.9 Å². The number of nitrogens with two attached hydrogens (primary N) is 1. The van der Waals surface area contributed by atoms with Crippen molar-refractivity contribution in [2.75, 3.05) is 13.2 Å². The van der Waals surface area contributed by atoms with Crippen molar-refractivity contribution in [3.8, 4) is 0 Å². The molecule has 4 N–H and O–H groups in total. The van der Waals surface area contributed by atoms with Gasteiger partial charge in [0.15, 0.2) is 0 Å². The van der Waals surface area contributed by atoms with Gasteiger partial charge in [-0.25, -0.2) is 4.79 Å². The molecular weight excluding hydrogens is 258 g/mol. The van der Waals surface area contributed by atoms with Crippen molar-refractivity contribution in [1.29, 1.82) is 0 Å². The average Bonchev–Trinajstić information content (AvgIpc) is 2.93. The number of hydrogen-bond acceptors (Lipinski definition) is 3. The summed E-state index contributed by atoms with van der Waals surface area (Å²) in [7, 11) is 0. The second-order valence-corrected chi connectivity index (χ2v) is 4.89. The molecule has 1 atom stereocenters. The number of likely N-dealkylation sites (tertiary alicyclic amines) is 1. The van der Waals surface area contributed by atoms with Crippen molar-refractivity contribution in [3.63, 3.8) is 0 Å². The maximum absolute atomic E-state index is 12.3.